The largest absolute Gasteiger partial charge is 0.341 e. The Morgan fingerprint density at radius 3 is 2.26 bits per heavy atom. The van der Waals surface area contributed by atoms with E-state index in [0.717, 1.165) is 28.3 Å². The summed E-state index contributed by atoms with van der Waals surface area (Å²) in [5.74, 6) is -0.590. The summed E-state index contributed by atoms with van der Waals surface area (Å²) in [6.45, 7) is 6.16. The minimum Gasteiger partial charge on any atom is -0.341 e. The minimum absolute atomic E-state index is 0.0317. The van der Waals surface area contributed by atoms with E-state index in [4.69, 9.17) is 0 Å². The molecule has 4 aromatic rings. The molecule has 3 aromatic carbocycles. The van der Waals surface area contributed by atoms with Gasteiger partial charge in [0, 0.05) is 18.1 Å². The summed E-state index contributed by atoms with van der Waals surface area (Å²) in [7, 11) is -4.08. The maximum absolute atomic E-state index is 14.0. The average molecular weight is 436 g/mol. The zero-order valence-corrected chi connectivity index (χ0v) is 18.3. The van der Waals surface area contributed by atoms with E-state index < -0.39 is 21.1 Å². The second-order valence-corrected chi connectivity index (χ2v) is 9.78. The molecule has 0 radical (unpaired) electrons. The van der Waals surface area contributed by atoms with Gasteiger partial charge in [-0.1, -0.05) is 41.5 Å². The highest BCUT2D eigenvalue weighted by molar-refractivity contribution is 7.91. The van der Waals surface area contributed by atoms with Crippen LogP contribution in [0.5, 0.6) is 0 Å². The first-order valence-electron chi connectivity index (χ1n) is 9.87. The number of pyridine rings is 1. The highest BCUT2D eigenvalue weighted by atomic mass is 32.2. The first kappa shape index (κ1) is 21.0. The SMILES string of the molecule is Cc1ccc(S(=O)(=O)c2cn(Cc3cc(C)ccc3C)c3ccc(F)cc3c2=O)cc1. The van der Waals surface area contributed by atoms with Crippen molar-refractivity contribution in [2.45, 2.75) is 37.1 Å². The Hall–Kier alpha value is -3.25. The summed E-state index contributed by atoms with van der Waals surface area (Å²) in [6.07, 6.45) is 1.37. The Morgan fingerprint density at radius 1 is 0.871 bits per heavy atom. The molecule has 4 rings (SSSR count). The first-order valence-corrected chi connectivity index (χ1v) is 11.4. The second-order valence-electron chi connectivity index (χ2n) is 7.86. The quantitative estimate of drug-likeness (QED) is 0.456. The molecule has 0 saturated carbocycles. The van der Waals surface area contributed by atoms with Crippen LogP contribution in [0.4, 0.5) is 4.39 Å². The molecule has 158 valence electrons. The summed E-state index contributed by atoms with van der Waals surface area (Å²) in [5.41, 5.74) is 3.80. The van der Waals surface area contributed by atoms with Crippen molar-refractivity contribution in [3.8, 4) is 0 Å². The Labute approximate surface area is 180 Å². The number of sulfone groups is 1. The Morgan fingerprint density at radius 2 is 1.55 bits per heavy atom. The first-order chi connectivity index (χ1) is 14.7. The number of aromatic nitrogens is 1. The van der Waals surface area contributed by atoms with Gasteiger partial charge in [-0.2, -0.15) is 0 Å². The Balaban J connectivity index is 1.99. The molecule has 0 N–H and O–H groups in total. The van der Waals surface area contributed by atoms with Crippen LogP contribution in [0.1, 0.15) is 22.3 Å². The molecule has 1 aromatic heterocycles. The lowest BCUT2D eigenvalue weighted by Crippen LogP contribution is -2.20. The van der Waals surface area contributed by atoms with Crippen molar-refractivity contribution in [2.75, 3.05) is 0 Å². The van der Waals surface area contributed by atoms with Gasteiger partial charge in [0.1, 0.15) is 10.7 Å². The molecule has 0 aliphatic heterocycles. The number of halogens is 1. The molecule has 6 heteroatoms. The van der Waals surface area contributed by atoms with Gasteiger partial charge in [0.05, 0.1) is 10.4 Å². The number of fused-ring (bicyclic) bond motifs is 1. The van der Waals surface area contributed by atoms with Crippen molar-refractivity contribution in [3.63, 3.8) is 0 Å². The van der Waals surface area contributed by atoms with Crippen LogP contribution in [0.2, 0.25) is 0 Å². The highest BCUT2D eigenvalue weighted by Gasteiger charge is 2.24. The van der Waals surface area contributed by atoms with Crippen LogP contribution in [0.15, 0.2) is 81.4 Å². The van der Waals surface area contributed by atoms with E-state index in [1.54, 1.807) is 16.7 Å². The van der Waals surface area contributed by atoms with E-state index in [1.807, 2.05) is 39.0 Å². The van der Waals surface area contributed by atoms with Crippen molar-refractivity contribution >= 4 is 20.7 Å². The van der Waals surface area contributed by atoms with Gasteiger partial charge in [-0.05, 0) is 62.2 Å². The Bertz CT molecular complexity index is 1470. The maximum Gasteiger partial charge on any atom is 0.211 e. The molecule has 0 aliphatic rings. The third kappa shape index (κ3) is 3.91. The number of rotatable bonds is 4. The van der Waals surface area contributed by atoms with E-state index in [-0.39, 0.29) is 15.2 Å². The summed E-state index contributed by atoms with van der Waals surface area (Å²) < 4.78 is 42.3. The normalized spacial score (nSPS) is 11.7. The molecular formula is C25H22FNO3S. The standard InChI is InChI=1S/C25H22FNO3S/c1-16-5-9-21(10-6-16)31(29,30)24-15-27(14-19-12-17(2)4-7-18(19)3)23-11-8-20(26)13-22(23)25(24)28/h4-13,15H,14H2,1-3H3. The predicted octanol–water partition coefficient (Wildman–Crippen LogP) is 4.95. The molecule has 0 amide bonds. The average Bonchev–Trinajstić information content (AvgIpc) is 2.73. The zero-order valence-electron chi connectivity index (χ0n) is 17.5. The molecule has 0 unspecified atom stereocenters. The van der Waals surface area contributed by atoms with Gasteiger partial charge in [-0.15, -0.1) is 0 Å². The van der Waals surface area contributed by atoms with E-state index in [0.29, 0.717) is 12.1 Å². The van der Waals surface area contributed by atoms with E-state index in [1.165, 1.54) is 30.5 Å². The van der Waals surface area contributed by atoms with Crippen molar-refractivity contribution in [3.05, 3.63) is 105 Å². The van der Waals surface area contributed by atoms with Gasteiger partial charge < -0.3 is 4.57 Å². The van der Waals surface area contributed by atoms with Gasteiger partial charge in [0.2, 0.25) is 15.3 Å². The summed E-state index contributed by atoms with van der Waals surface area (Å²) in [5, 5.41) is 0.0403. The second kappa shape index (κ2) is 7.78. The molecule has 0 aliphatic carbocycles. The van der Waals surface area contributed by atoms with Crippen molar-refractivity contribution in [1.82, 2.24) is 4.57 Å². The van der Waals surface area contributed by atoms with Crippen LogP contribution in [-0.4, -0.2) is 13.0 Å². The number of benzene rings is 3. The van der Waals surface area contributed by atoms with Crippen LogP contribution < -0.4 is 5.43 Å². The smallest absolute Gasteiger partial charge is 0.211 e. The molecule has 1 heterocycles. The van der Waals surface area contributed by atoms with Gasteiger partial charge >= 0.3 is 0 Å². The summed E-state index contributed by atoms with van der Waals surface area (Å²) in [6, 6.07) is 16.2. The van der Waals surface area contributed by atoms with Crippen molar-refractivity contribution in [2.24, 2.45) is 0 Å². The van der Waals surface area contributed by atoms with E-state index in [2.05, 4.69) is 0 Å². The molecule has 0 saturated heterocycles. The maximum atomic E-state index is 14.0. The van der Waals surface area contributed by atoms with Crippen LogP contribution in [0.25, 0.3) is 10.9 Å². The van der Waals surface area contributed by atoms with Gasteiger partial charge in [0.25, 0.3) is 0 Å². The minimum atomic E-state index is -4.08. The number of aryl methyl sites for hydroxylation is 3. The number of nitrogens with zero attached hydrogens (tertiary/aromatic N) is 1. The van der Waals surface area contributed by atoms with Gasteiger partial charge in [-0.25, -0.2) is 12.8 Å². The van der Waals surface area contributed by atoms with Crippen molar-refractivity contribution in [1.29, 1.82) is 0 Å². The highest BCUT2D eigenvalue weighted by Crippen LogP contribution is 2.23. The van der Waals surface area contributed by atoms with Crippen molar-refractivity contribution < 1.29 is 12.8 Å². The fourth-order valence-corrected chi connectivity index (χ4v) is 5.03. The molecular weight excluding hydrogens is 413 g/mol. The van der Waals surface area contributed by atoms with Crippen LogP contribution >= 0.6 is 0 Å². The lowest BCUT2D eigenvalue weighted by molar-refractivity contribution is 0.593. The topological polar surface area (TPSA) is 56.1 Å². The molecule has 4 nitrogen and oxygen atoms in total. The Kier molecular flexibility index (Phi) is 5.27. The molecule has 0 bridgehead atoms. The van der Waals surface area contributed by atoms with Crippen LogP contribution in [0, 0.1) is 26.6 Å². The molecule has 0 fully saturated rings. The number of hydrogen-bond acceptors (Lipinski definition) is 3. The lowest BCUT2D eigenvalue weighted by atomic mass is 10.1. The van der Waals surface area contributed by atoms with E-state index >= 15 is 0 Å². The van der Waals surface area contributed by atoms with Crippen LogP contribution in [-0.2, 0) is 16.4 Å². The third-order valence-electron chi connectivity index (χ3n) is 5.48. The van der Waals surface area contributed by atoms with E-state index in [9.17, 15) is 17.6 Å². The monoisotopic (exact) mass is 435 g/mol. The number of hydrogen-bond donors (Lipinski definition) is 0. The lowest BCUT2D eigenvalue weighted by Gasteiger charge is -2.16. The van der Waals surface area contributed by atoms with Crippen LogP contribution in [0.3, 0.4) is 0 Å². The zero-order chi connectivity index (χ0) is 22.3. The fourth-order valence-electron chi connectivity index (χ4n) is 3.66. The summed E-state index contributed by atoms with van der Waals surface area (Å²) in [4.78, 5) is 12.8. The molecule has 31 heavy (non-hydrogen) atoms. The molecule has 0 atom stereocenters. The van der Waals surface area contributed by atoms with Gasteiger partial charge in [-0.3, -0.25) is 4.79 Å². The molecule has 0 spiro atoms. The predicted molar refractivity (Wildman–Crippen MR) is 120 cm³/mol. The summed E-state index contributed by atoms with van der Waals surface area (Å²) >= 11 is 0. The van der Waals surface area contributed by atoms with Gasteiger partial charge in [0.15, 0.2) is 0 Å². The third-order valence-corrected chi connectivity index (χ3v) is 7.24. The fraction of sp³-hybridized carbons (Fsp3) is 0.160.